The van der Waals surface area contributed by atoms with Crippen LogP contribution in [-0.2, 0) is 11.3 Å². The fraction of sp³-hybridized carbons (Fsp3) is 0.632. The van der Waals surface area contributed by atoms with Crippen molar-refractivity contribution in [1.82, 2.24) is 10.2 Å². The third kappa shape index (κ3) is 6.78. The van der Waals surface area contributed by atoms with Crippen LogP contribution in [0.25, 0.3) is 0 Å². The molecule has 1 aromatic rings. The third-order valence-electron chi connectivity index (χ3n) is 4.50. The lowest BCUT2D eigenvalue weighted by Crippen LogP contribution is -2.40. The van der Waals surface area contributed by atoms with Crippen molar-refractivity contribution < 1.29 is 18.3 Å². The van der Waals surface area contributed by atoms with E-state index >= 15 is 0 Å². The average molecular weight is 369 g/mol. The van der Waals surface area contributed by atoms with Crippen LogP contribution in [0.2, 0.25) is 0 Å². The van der Waals surface area contributed by atoms with E-state index in [1.807, 2.05) is 14.0 Å². The Balaban J connectivity index is 1.96. The fourth-order valence-electron chi connectivity index (χ4n) is 2.99. The Hall–Kier alpha value is -1.89. The summed E-state index contributed by atoms with van der Waals surface area (Å²) in [7, 11) is 2.00. The van der Waals surface area contributed by atoms with Crippen LogP contribution in [0, 0.1) is 5.92 Å². The molecule has 1 aliphatic heterocycles. The van der Waals surface area contributed by atoms with Crippen molar-refractivity contribution in [2.24, 2.45) is 10.9 Å². The summed E-state index contributed by atoms with van der Waals surface area (Å²) in [5.74, 6) is 1.63. The van der Waals surface area contributed by atoms with Crippen molar-refractivity contribution in [2.45, 2.75) is 39.3 Å². The number of ether oxygens (including phenoxy) is 2. The highest BCUT2D eigenvalue weighted by atomic mass is 19.3. The maximum Gasteiger partial charge on any atom is 0.387 e. The molecular weight excluding hydrogens is 340 g/mol. The van der Waals surface area contributed by atoms with Crippen LogP contribution in [0.1, 0.15) is 31.7 Å². The van der Waals surface area contributed by atoms with Crippen molar-refractivity contribution in [3.05, 3.63) is 29.8 Å². The Morgan fingerprint density at radius 2 is 2.08 bits per heavy atom. The molecule has 146 valence electrons. The first-order valence-electron chi connectivity index (χ1n) is 9.20. The summed E-state index contributed by atoms with van der Waals surface area (Å²) in [6.45, 7) is 2.80. The largest absolute Gasteiger partial charge is 0.434 e. The number of benzene rings is 1. The van der Waals surface area contributed by atoms with Gasteiger partial charge in [-0.2, -0.15) is 8.78 Å². The summed E-state index contributed by atoms with van der Waals surface area (Å²) in [4.78, 5) is 6.69. The van der Waals surface area contributed by atoms with Crippen LogP contribution in [0.15, 0.2) is 29.3 Å². The van der Waals surface area contributed by atoms with Gasteiger partial charge in [0.25, 0.3) is 0 Å². The minimum absolute atomic E-state index is 0.173. The molecule has 7 heteroatoms. The second-order valence-corrected chi connectivity index (χ2v) is 6.42. The van der Waals surface area contributed by atoms with Crippen LogP contribution in [-0.4, -0.2) is 50.8 Å². The summed E-state index contributed by atoms with van der Waals surface area (Å²) in [6.07, 6.45) is 3.31. The zero-order chi connectivity index (χ0) is 18.8. The molecule has 1 saturated heterocycles. The Morgan fingerprint density at radius 3 is 2.77 bits per heavy atom. The summed E-state index contributed by atoms with van der Waals surface area (Å²) in [5.41, 5.74) is 0.640. The minimum Gasteiger partial charge on any atom is -0.434 e. The van der Waals surface area contributed by atoms with Crippen LogP contribution in [0.4, 0.5) is 8.78 Å². The SMILES string of the molecule is CCNC(=NCc1ccccc1OC(F)F)N(C)CCC1CCOCC1. The molecule has 5 nitrogen and oxygen atoms in total. The molecule has 1 aliphatic rings. The number of halogens is 2. The number of rotatable bonds is 8. The van der Waals surface area contributed by atoms with E-state index in [0.717, 1.165) is 51.5 Å². The zero-order valence-corrected chi connectivity index (χ0v) is 15.6. The van der Waals surface area contributed by atoms with Gasteiger partial charge in [-0.05, 0) is 38.2 Å². The van der Waals surface area contributed by atoms with Gasteiger partial charge in [0.1, 0.15) is 5.75 Å². The van der Waals surface area contributed by atoms with Crippen molar-refractivity contribution in [2.75, 3.05) is 33.4 Å². The molecule has 26 heavy (non-hydrogen) atoms. The van der Waals surface area contributed by atoms with E-state index in [9.17, 15) is 8.78 Å². The van der Waals surface area contributed by atoms with Gasteiger partial charge in [-0.3, -0.25) is 0 Å². The Kier molecular flexibility index (Phi) is 8.61. The van der Waals surface area contributed by atoms with Gasteiger partial charge in [0, 0.05) is 38.9 Å². The molecule has 0 amide bonds. The van der Waals surface area contributed by atoms with Crippen molar-refractivity contribution in [3.63, 3.8) is 0 Å². The Morgan fingerprint density at radius 1 is 1.35 bits per heavy atom. The van der Waals surface area contributed by atoms with E-state index < -0.39 is 6.61 Å². The topological polar surface area (TPSA) is 46.1 Å². The number of nitrogens with one attached hydrogen (secondary N) is 1. The summed E-state index contributed by atoms with van der Waals surface area (Å²) >= 11 is 0. The Bertz CT molecular complexity index is 563. The number of aliphatic imine (C=N–C) groups is 1. The van der Waals surface area contributed by atoms with E-state index in [0.29, 0.717) is 11.5 Å². The first-order valence-corrected chi connectivity index (χ1v) is 9.20. The summed E-state index contributed by atoms with van der Waals surface area (Å²) in [6, 6.07) is 6.77. The maximum absolute atomic E-state index is 12.5. The van der Waals surface area contributed by atoms with Crippen molar-refractivity contribution in [1.29, 1.82) is 0 Å². The Labute approximate surface area is 154 Å². The average Bonchev–Trinajstić information content (AvgIpc) is 2.64. The molecule has 1 aromatic carbocycles. The molecule has 0 spiro atoms. The molecular formula is C19H29F2N3O2. The van der Waals surface area contributed by atoms with Gasteiger partial charge >= 0.3 is 6.61 Å². The van der Waals surface area contributed by atoms with Crippen molar-refractivity contribution >= 4 is 5.96 Å². The normalized spacial score (nSPS) is 16.0. The van der Waals surface area contributed by atoms with Gasteiger partial charge in [0.15, 0.2) is 5.96 Å². The lowest BCUT2D eigenvalue weighted by Gasteiger charge is -2.27. The van der Waals surface area contributed by atoms with Gasteiger partial charge in [-0.15, -0.1) is 0 Å². The molecule has 0 aromatic heterocycles. The molecule has 0 bridgehead atoms. The van der Waals surface area contributed by atoms with Gasteiger partial charge < -0.3 is 19.7 Å². The van der Waals surface area contributed by atoms with E-state index in [4.69, 9.17) is 4.74 Å². The molecule has 2 rings (SSSR count). The minimum atomic E-state index is -2.84. The third-order valence-corrected chi connectivity index (χ3v) is 4.50. The van der Waals surface area contributed by atoms with E-state index in [2.05, 4.69) is 19.9 Å². The number of para-hydroxylation sites is 1. The lowest BCUT2D eigenvalue weighted by atomic mass is 9.96. The molecule has 0 aliphatic carbocycles. The summed E-state index contributed by atoms with van der Waals surface area (Å²) < 4.78 is 35.1. The van der Waals surface area contributed by atoms with E-state index in [1.165, 1.54) is 0 Å². The number of nitrogens with zero attached hydrogens (tertiary/aromatic N) is 2. The second-order valence-electron chi connectivity index (χ2n) is 6.42. The molecule has 0 saturated carbocycles. The van der Waals surface area contributed by atoms with Crippen LogP contribution in [0.5, 0.6) is 5.75 Å². The highest BCUT2D eigenvalue weighted by molar-refractivity contribution is 5.79. The standard InChI is InChI=1S/C19H29F2N3O2/c1-3-22-19(24(2)11-8-15-9-12-25-13-10-15)23-14-16-6-4-5-7-17(16)26-18(20)21/h4-7,15,18H,3,8-14H2,1-2H3,(H,22,23). The van der Waals surface area contributed by atoms with E-state index in [1.54, 1.807) is 24.3 Å². The van der Waals surface area contributed by atoms with Gasteiger partial charge in [0.2, 0.25) is 0 Å². The molecule has 1 N–H and O–H groups in total. The van der Waals surface area contributed by atoms with Crippen LogP contribution < -0.4 is 10.1 Å². The van der Waals surface area contributed by atoms with E-state index in [-0.39, 0.29) is 12.3 Å². The molecule has 0 atom stereocenters. The molecule has 0 radical (unpaired) electrons. The highest BCUT2D eigenvalue weighted by Crippen LogP contribution is 2.21. The quantitative estimate of drug-likeness (QED) is 0.563. The monoisotopic (exact) mass is 369 g/mol. The molecule has 1 heterocycles. The number of guanidine groups is 1. The predicted octanol–water partition coefficient (Wildman–Crippen LogP) is 3.50. The molecule has 0 unspecified atom stereocenters. The lowest BCUT2D eigenvalue weighted by molar-refractivity contribution is -0.0504. The van der Waals surface area contributed by atoms with Crippen molar-refractivity contribution in [3.8, 4) is 5.75 Å². The zero-order valence-electron chi connectivity index (χ0n) is 15.6. The first-order chi connectivity index (χ1) is 12.6. The number of alkyl halides is 2. The van der Waals surface area contributed by atoms with Gasteiger partial charge in [-0.25, -0.2) is 4.99 Å². The number of hydrogen-bond acceptors (Lipinski definition) is 3. The smallest absolute Gasteiger partial charge is 0.387 e. The first kappa shape index (κ1) is 20.4. The van der Waals surface area contributed by atoms with Crippen LogP contribution >= 0.6 is 0 Å². The molecule has 1 fully saturated rings. The predicted molar refractivity (Wildman–Crippen MR) is 98.7 cm³/mol. The maximum atomic E-state index is 12.5. The van der Waals surface area contributed by atoms with Gasteiger partial charge in [-0.1, -0.05) is 18.2 Å². The number of hydrogen-bond donors (Lipinski definition) is 1. The summed E-state index contributed by atoms with van der Waals surface area (Å²) in [5, 5.41) is 3.26. The second kappa shape index (κ2) is 11.0. The van der Waals surface area contributed by atoms with Gasteiger partial charge in [0.05, 0.1) is 6.54 Å². The van der Waals surface area contributed by atoms with Crippen LogP contribution in [0.3, 0.4) is 0 Å². The highest BCUT2D eigenvalue weighted by Gasteiger charge is 2.15. The fourth-order valence-corrected chi connectivity index (χ4v) is 2.99.